The van der Waals surface area contributed by atoms with E-state index in [4.69, 9.17) is 0 Å². The number of hydrogen-bond donors (Lipinski definition) is 0. The van der Waals surface area contributed by atoms with Crippen LogP contribution in [0.4, 0.5) is 0 Å². The van der Waals surface area contributed by atoms with Crippen LogP contribution < -0.4 is 0 Å². The van der Waals surface area contributed by atoms with Gasteiger partial charge in [0.2, 0.25) is 0 Å². The van der Waals surface area contributed by atoms with Crippen molar-refractivity contribution in [2.75, 3.05) is 0 Å². The predicted octanol–water partition coefficient (Wildman–Crippen LogP) is 15.2. The van der Waals surface area contributed by atoms with E-state index in [-0.39, 0.29) is 0 Å². The average molecular weight is 733 g/mol. The van der Waals surface area contributed by atoms with Gasteiger partial charge in [-0.2, -0.15) is 0 Å². The van der Waals surface area contributed by atoms with Gasteiger partial charge in [-0.05, 0) is 133 Å². The molecule has 4 aliphatic rings. The molecular formula is C58H36. The summed E-state index contributed by atoms with van der Waals surface area (Å²) in [7, 11) is 0. The zero-order valence-corrected chi connectivity index (χ0v) is 31.8. The molecule has 0 aliphatic heterocycles. The van der Waals surface area contributed by atoms with Gasteiger partial charge in [-0.1, -0.05) is 194 Å². The summed E-state index contributed by atoms with van der Waals surface area (Å²) in [6, 6.07) is 58.9. The van der Waals surface area contributed by atoms with Gasteiger partial charge in [0.1, 0.15) is 0 Å². The molecule has 268 valence electrons. The Balaban J connectivity index is 0.877. The minimum Gasteiger partial charge on any atom is -0.0616 e. The lowest BCUT2D eigenvalue weighted by atomic mass is 9.61. The van der Waals surface area contributed by atoms with Gasteiger partial charge in [0.15, 0.2) is 0 Å². The normalized spacial score (nSPS) is 18.2. The Hall–Kier alpha value is -7.28. The maximum atomic E-state index is 2.39. The third-order valence-electron chi connectivity index (χ3n) is 13.4. The van der Waals surface area contributed by atoms with Crippen molar-refractivity contribution in [1.82, 2.24) is 0 Å². The van der Waals surface area contributed by atoms with Crippen molar-refractivity contribution in [2.24, 2.45) is 11.8 Å². The lowest BCUT2D eigenvalue weighted by molar-refractivity contribution is 0.569. The van der Waals surface area contributed by atoms with E-state index in [0.29, 0.717) is 11.8 Å². The third-order valence-corrected chi connectivity index (χ3v) is 13.4. The van der Waals surface area contributed by atoms with Gasteiger partial charge in [-0.3, -0.25) is 0 Å². The molecule has 0 aromatic heterocycles. The maximum Gasteiger partial charge on any atom is 0.0205 e. The highest BCUT2D eigenvalue weighted by Crippen LogP contribution is 2.54. The summed E-state index contributed by atoms with van der Waals surface area (Å²) < 4.78 is 0. The first kappa shape index (κ1) is 31.9. The summed E-state index contributed by atoms with van der Waals surface area (Å²) in [5.74, 6) is 0.613. The Morgan fingerprint density at radius 2 is 0.845 bits per heavy atom. The maximum absolute atomic E-state index is 2.39. The number of fused-ring (bicyclic) bond motifs is 2. The second kappa shape index (κ2) is 12.1. The summed E-state index contributed by atoms with van der Waals surface area (Å²) in [5, 5.41) is 13.0. The van der Waals surface area contributed by atoms with Gasteiger partial charge in [0, 0.05) is 11.8 Å². The molecule has 0 heteroatoms. The molecule has 4 aliphatic carbocycles. The van der Waals surface area contributed by atoms with Crippen molar-refractivity contribution in [3.05, 3.63) is 240 Å². The topological polar surface area (TPSA) is 0 Å². The largest absolute Gasteiger partial charge is 0.0616 e. The molecule has 0 saturated carbocycles. The van der Waals surface area contributed by atoms with Crippen LogP contribution in [0.5, 0.6) is 0 Å². The Bertz CT molecular complexity index is 3480. The summed E-state index contributed by atoms with van der Waals surface area (Å²) in [4.78, 5) is 0. The zero-order valence-electron chi connectivity index (χ0n) is 31.8. The number of rotatable bonds is 4. The molecule has 9 aromatic rings. The first-order valence-electron chi connectivity index (χ1n) is 20.5. The molecule has 0 bridgehead atoms. The SMILES string of the molecule is C1=CC2=C(c3ccc(-c4ccc5ccc6c(-c7ccc8ccccc8c7)ccc7ccc4c5c76)cc3)C=CC3=CC=C4C(c5ccc6ccccc6c5)=CC=C1C4C32. The Kier molecular flexibility index (Phi) is 6.65. The van der Waals surface area contributed by atoms with Crippen LogP contribution in [0.3, 0.4) is 0 Å². The lowest BCUT2D eigenvalue weighted by Crippen LogP contribution is -2.30. The Labute approximate surface area is 337 Å². The molecule has 0 amide bonds. The summed E-state index contributed by atoms with van der Waals surface area (Å²) in [6.45, 7) is 0. The smallest absolute Gasteiger partial charge is 0.0205 e. The molecule has 0 fully saturated rings. The number of benzene rings is 9. The number of hydrogen-bond acceptors (Lipinski definition) is 0. The van der Waals surface area contributed by atoms with E-state index in [9.17, 15) is 0 Å². The van der Waals surface area contributed by atoms with E-state index in [2.05, 4.69) is 206 Å². The average Bonchev–Trinajstić information content (AvgIpc) is 3.29. The lowest BCUT2D eigenvalue weighted by Gasteiger charge is -2.42. The fourth-order valence-corrected chi connectivity index (χ4v) is 10.6. The van der Waals surface area contributed by atoms with Crippen molar-refractivity contribution in [1.29, 1.82) is 0 Å². The fraction of sp³-hybridized carbons (Fsp3) is 0.0345. The van der Waals surface area contributed by atoms with E-state index in [1.54, 1.807) is 0 Å². The molecule has 2 unspecified atom stereocenters. The van der Waals surface area contributed by atoms with Gasteiger partial charge in [-0.15, -0.1) is 0 Å². The van der Waals surface area contributed by atoms with Crippen LogP contribution in [0.1, 0.15) is 11.1 Å². The van der Waals surface area contributed by atoms with E-state index >= 15 is 0 Å². The zero-order chi connectivity index (χ0) is 37.9. The van der Waals surface area contributed by atoms with E-state index in [1.165, 1.54) is 121 Å². The van der Waals surface area contributed by atoms with Gasteiger partial charge < -0.3 is 0 Å². The van der Waals surface area contributed by atoms with Crippen molar-refractivity contribution in [3.8, 4) is 22.3 Å². The quantitative estimate of drug-likeness (QED) is 0.158. The molecule has 2 atom stereocenters. The number of allylic oxidation sites excluding steroid dienone is 14. The van der Waals surface area contributed by atoms with E-state index < -0.39 is 0 Å². The first-order valence-corrected chi connectivity index (χ1v) is 20.5. The van der Waals surface area contributed by atoms with Crippen LogP contribution in [0.25, 0.3) is 87.3 Å². The second-order valence-electron chi connectivity index (χ2n) is 16.4. The van der Waals surface area contributed by atoms with Crippen LogP contribution in [0, 0.1) is 11.8 Å². The van der Waals surface area contributed by atoms with E-state index in [1.807, 2.05) is 0 Å². The van der Waals surface area contributed by atoms with Gasteiger partial charge in [0.25, 0.3) is 0 Å². The summed E-state index contributed by atoms with van der Waals surface area (Å²) in [5.41, 5.74) is 15.9. The molecule has 0 saturated heterocycles. The van der Waals surface area contributed by atoms with Gasteiger partial charge >= 0.3 is 0 Å². The predicted molar refractivity (Wildman–Crippen MR) is 247 cm³/mol. The van der Waals surface area contributed by atoms with Crippen LogP contribution in [-0.4, -0.2) is 0 Å². The van der Waals surface area contributed by atoms with Gasteiger partial charge in [-0.25, -0.2) is 0 Å². The van der Waals surface area contributed by atoms with Gasteiger partial charge in [0.05, 0.1) is 0 Å². The van der Waals surface area contributed by atoms with Crippen molar-refractivity contribution < 1.29 is 0 Å². The molecular weight excluding hydrogens is 697 g/mol. The second-order valence-corrected chi connectivity index (χ2v) is 16.4. The molecule has 0 spiro atoms. The molecule has 58 heavy (non-hydrogen) atoms. The summed E-state index contributed by atoms with van der Waals surface area (Å²) in [6.07, 6.45) is 18.9. The highest BCUT2D eigenvalue weighted by Gasteiger charge is 2.40. The molecule has 9 aromatic carbocycles. The Morgan fingerprint density at radius 1 is 0.328 bits per heavy atom. The molecule has 13 rings (SSSR count). The highest BCUT2D eigenvalue weighted by molar-refractivity contribution is 6.27. The molecule has 0 radical (unpaired) electrons. The van der Waals surface area contributed by atoms with E-state index in [0.717, 1.165) is 0 Å². The minimum atomic E-state index is 0.303. The van der Waals surface area contributed by atoms with Crippen LogP contribution in [0.15, 0.2) is 229 Å². The van der Waals surface area contributed by atoms with Crippen molar-refractivity contribution in [2.45, 2.75) is 0 Å². The molecule has 0 heterocycles. The van der Waals surface area contributed by atoms with Crippen LogP contribution in [0.2, 0.25) is 0 Å². The fourth-order valence-electron chi connectivity index (χ4n) is 10.6. The Morgan fingerprint density at radius 3 is 1.55 bits per heavy atom. The molecule has 0 nitrogen and oxygen atoms in total. The van der Waals surface area contributed by atoms with Crippen LogP contribution >= 0.6 is 0 Å². The van der Waals surface area contributed by atoms with Crippen molar-refractivity contribution >= 4 is 65.0 Å². The van der Waals surface area contributed by atoms with Crippen molar-refractivity contribution in [3.63, 3.8) is 0 Å². The third kappa shape index (κ3) is 4.63. The summed E-state index contributed by atoms with van der Waals surface area (Å²) >= 11 is 0. The standard InChI is InChI=1S/C58H36/c1-3-7-43-33-45(15-9-35(43)5-1)49-27-19-41-21-29-51-47(25-17-39-23-31-53(49)57(41)55(39)51)37-11-13-38(14-12-37)48-26-18-40-24-32-54-50(28-20-42-22-30-52(48)56(40)58(42)54)46-16-10-36-6-2-4-8-44(36)34-46/h1-34,55,57H. The highest BCUT2D eigenvalue weighted by atomic mass is 14.4. The minimum absolute atomic E-state index is 0.303. The van der Waals surface area contributed by atoms with Crippen LogP contribution in [-0.2, 0) is 0 Å². The monoisotopic (exact) mass is 732 g/mol. The first-order chi connectivity index (χ1) is 28.7. The molecule has 0 N–H and O–H groups in total.